The summed E-state index contributed by atoms with van der Waals surface area (Å²) in [6, 6.07) is 12.5. The average molecular weight is 259 g/mol. The maximum Gasteiger partial charge on any atom is 0.122 e. The summed E-state index contributed by atoms with van der Waals surface area (Å²) in [7, 11) is 1.71. The van der Waals surface area contributed by atoms with Crippen LogP contribution >= 0.6 is 0 Å². The molecule has 102 valence electrons. The molecule has 0 saturated carbocycles. The number of furan rings is 1. The van der Waals surface area contributed by atoms with Gasteiger partial charge in [-0.05, 0) is 43.7 Å². The van der Waals surface area contributed by atoms with E-state index in [0.29, 0.717) is 6.04 Å². The summed E-state index contributed by atoms with van der Waals surface area (Å²) < 4.78 is 10.7. The van der Waals surface area contributed by atoms with Crippen LogP contribution in [-0.2, 0) is 12.8 Å². The van der Waals surface area contributed by atoms with Gasteiger partial charge in [0.1, 0.15) is 11.5 Å². The summed E-state index contributed by atoms with van der Waals surface area (Å²) in [6.07, 6.45) is 3.60. The Morgan fingerprint density at radius 3 is 2.79 bits per heavy atom. The molecule has 1 unspecified atom stereocenters. The molecular formula is C16H21NO2. The topological polar surface area (TPSA) is 34.4 Å². The van der Waals surface area contributed by atoms with Crippen LogP contribution in [0.1, 0.15) is 18.2 Å². The van der Waals surface area contributed by atoms with Crippen molar-refractivity contribution < 1.29 is 9.15 Å². The zero-order valence-corrected chi connectivity index (χ0v) is 11.6. The third kappa shape index (κ3) is 4.14. The molecule has 3 heteroatoms. The van der Waals surface area contributed by atoms with E-state index in [-0.39, 0.29) is 0 Å². The Labute approximate surface area is 114 Å². The van der Waals surface area contributed by atoms with Crippen LogP contribution in [0, 0.1) is 0 Å². The number of rotatable bonds is 7. The van der Waals surface area contributed by atoms with Gasteiger partial charge in [-0.25, -0.2) is 0 Å². The highest BCUT2D eigenvalue weighted by atomic mass is 16.5. The first-order valence-corrected chi connectivity index (χ1v) is 6.67. The third-order valence-corrected chi connectivity index (χ3v) is 3.17. The van der Waals surface area contributed by atoms with Crippen molar-refractivity contribution >= 4 is 0 Å². The molecule has 2 rings (SSSR count). The molecule has 1 N–H and O–H groups in total. The molecule has 0 radical (unpaired) electrons. The molecule has 0 spiro atoms. The zero-order valence-electron chi connectivity index (χ0n) is 11.6. The van der Waals surface area contributed by atoms with Crippen LogP contribution < -0.4 is 10.1 Å². The summed E-state index contributed by atoms with van der Waals surface area (Å²) in [4.78, 5) is 0. The normalized spacial score (nSPS) is 12.3. The molecule has 0 amide bonds. The highest BCUT2D eigenvalue weighted by Gasteiger charge is 2.06. The lowest BCUT2D eigenvalue weighted by Gasteiger charge is -2.13. The van der Waals surface area contributed by atoms with Crippen molar-refractivity contribution in [2.45, 2.75) is 25.8 Å². The lowest BCUT2D eigenvalue weighted by atomic mass is 10.1. The van der Waals surface area contributed by atoms with Gasteiger partial charge in [0.05, 0.1) is 13.4 Å². The van der Waals surface area contributed by atoms with Gasteiger partial charge in [0.2, 0.25) is 0 Å². The van der Waals surface area contributed by atoms with Gasteiger partial charge in [0, 0.05) is 12.5 Å². The molecule has 0 saturated heterocycles. The molecule has 1 aromatic heterocycles. The van der Waals surface area contributed by atoms with Crippen molar-refractivity contribution in [2.75, 3.05) is 13.7 Å². The zero-order chi connectivity index (χ0) is 13.5. The summed E-state index contributed by atoms with van der Waals surface area (Å²) in [5, 5.41) is 3.51. The van der Waals surface area contributed by atoms with E-state index in [0.717, 1.165) is 30.9 Å². The predicted molar refractivity (Wildman–Crippen MR) is 76.6 cm³/mol. The quantitative estimate of drug-likeness (QED) is 0.830. The Bertz CT molecular complexity index is 479. The summed E-state index contributed by atoms with van der Waals surface area (Å²) in [5.74, 6) is 1.99. The van der Waals surface area contributed by atoms with E-state index in [9.17, 15) is 0 Å². The minimum Gasteiger partial charge on any atom is -0.496 e. The van der Waals surface area contributed by atoms with Crippen molar-refractivity contribution in [2.24, 2.45) is 0 Å². The maximum atomic E-state index is 5.35. The number of methoxy groups -OCH3 is 1. The number of para-hydroxylation sites is 1. The van der Waals surface area contributed by atoms with Crippen LogP contribution in [0.2, 0.25) is 0 Å². The second kappa shape index (κ2) is 7.00. The summed E-state index contributed by atoms with van der Waals surface area (Å²) >= 11 is 0. The molecule has 3 nitrogen and oxygen atoms in total. The first-order valence-electron chi connectivity index (χ1n) is 6.67. The molecule has 0 aliphatic heterocycles. The van der Waals surface area contributed by atoms with Crippen molar-refractivity contribution in [3.8, 4) is 5.75 Å². The fourth-order valence-corrected chi connectivity index (χ4v) is 2.17. The van der Waals surface area contributed by atoms with Crippen LogP contribution in [0.4, 0.5) is 0 Å². The Hall–Kier alpha value is -1.74. The molecule has 2 aromatic rings. The molecule has 19 heavy (non-hydrogen) atoms. The van der Waals surface area contributed by atoms with Crippen molar-refractivity contribution in [3.63, 3.8) is 0 Å². The highest BCUT2D eigenvalue weighted by Crippen LogP contribution is 2.17. The van der Waals surface area contributed by atoms with Gasteiger partial charge in [0.15, 0.2) is 0 Å². The summed E-state index contributed by atoms with van der Waals surface area (Å²) in [6.45, 7) is 3.10. The van der Waals surface area contributed by atoms with Gasteiger partial charge in [-0.15, -0.1) is 0 Å². The number of benzene rings is 1. The third-order valence-electron chi connectivity index (χ3n) is 3.17. The molecule has 0 aliphatic carbocycles. The van der Waals surface area contributed by atoms with E-state index in [1.54, 1.807) is 13.4 Å². The first kappa shape index (κ1) is 13.7. The smallest absolute Gasteiger partial charge is 0.122 e. The molecule has 1 heterocycles. The van der Waals surface area contributed by atoms with Crippen LogP contribution in [-0.4, -0.2) is 19.7 Å². The molecule has 0 bridgehead atoms. The largest absolute Gasteiger partial charge is 0.496 e. The predicted octanol–water partition coefficient (Wildman–Crippen LogP) is 3.05. The van der Waals surface area contributed by atoms with Gasteiger partial charge >= 0.3 is 0 Å². The minimum absolute atomic E-state index is 0.404. The van der Waals surface area contributed by atoms with Gasteiger partial charge in [-0.1, -0.05) is 18.2 Å². The van der Waals surface area contributed by atoms with Crippen molar-refractivity contribution in [1.82, 2.24) is 5.32 Å². The van der Waals surface area contributed by atoms with E-state index in [1.807, 2.05) is 30.3 Å². The second-order valence-corrected chi connectivity index (χ2v) is 4.70. The number of hydrogen-bond acceptors (Lipinski definition) is 3. The van der Waals surface area contributed by atoms with Crippen LogP contribution in [0.25, 0.3) is 0 Å². The van der Waals surface area contributed by atoms with Gasteiger partial charge < -0.3 is 14.5 Å². The minimum atomic E-state index is 0.404. The average Bonchev–Trinajstić information content (AvgIpc) is 2.92. The molecule has 1 atom stereocenters. The van der Waals surface area contributed by atoms with E-state index < -0.39 is 0 Å². The van der Waals surface area contributed by atoms with Crippen molar-refractivity contribution in [3.05, 3.63) is 54.0 Å². The Kier molecular flexibility index (Phi) is 5.04. The maximum absolute atomic E-state index is 5.35. The molecule has 1 aromatic carbocycles. The molecular weight excluding hydrogens is 238 g/mol. The Morgan fingerprint density at radius 2 is 2.05 bits per heavy atom. The SMILES string of the molecule is COc1ccccc1CCNC(C)Cc1ccco1. The fraction of sp³-hybridized carbons (Fsp3) is 0.375. The van der Waals surface area contributed by atoms with Gasteiger partial charge in [0.25, 0.3) is 0 Å². The number of hydrogen-bond donors (Lipinski definition) is 1. The lowest BCUT2D eigenvalue weighted by Crippen LogP contribution is -2.29. The second-order valence-electron chi connectivity index (χ2n) is 4.70. The monoisotopic (exact) mass is 259 g/mol. The van der Waals surface area contributed by atoms with Gasteiger partial charge in [-0.3, -0.25) is 0 Å². The van der Waals surface area contributed by atoms with Crippen LogP contribution in [0.5, 0.6) is 5.75 Å². The number of nitrogens with one attached hydrogen (secondary N) is 1. The standard InChI is InChI=1S/C16H21NO2/c1-13(12-15-7-5-11-19-15)17-10-9-14-6-3-4-8-16(14)18-2/h3-8,11,13,17H,9-10,12H2,1-2H3. The van der Waals surface area contributed by atoms with E-state index in [1.165, 1.54) is 5.56 Å². The Morgan fingerprint density at radius 1 is 1.21 bits per heavy atom. The highest BCUT2D eigenvalue weighted by molar-refractivity contribution is 5.33. The number of ether oxygens (including phenoxy) is 1. The van der Waals surface area contributed by atoms with E-state index in [4.69, 9.17) is 9.15 Å². The summed E-state index contributed by atoms with van der Waals surface area (Å²) in [5.41, 5.74) is 1.24. The Balaban J connectivity index is 1.76. The first-order chi connectivity index (χ1) is 9.29. The van der Waals surface area contributed by atoms with Crippen LogP contribution in [0.15, 0.2) is 47.1 Å². The lowest BCUT2D eigenvalue weighted by molar-refractivity contribution is 0.407. The van der Waals surface area contributed by atoms with Crippen LogP contribution in [0.3, 0.4) is 0 Å². The molecule has 0 aliphatic rings. The van der Waals surface area contributed by atoms with Gasteiger partial charge in [-0.2, -0.15) is 0 Å². The van der Waals surface area contributed by atoms with E-state index >= 15 is 0 Å². The van der Waals surface area contributed by atoms with E-state index in [2.05, 4.69) is 18.3 Å². The van der Waals surface area contributed by atoms with Crippen molar-refractivity contribution in [1.29, 1.82) is 0 Å². The fourth-order valence-electron chi connectivity index (χ4n) is 2.17. The molecule has 0 fully saturated rings.